The summed E-state index contributed by atoms with van der Waals surface area (Å²) >= 11 is 0. The van der Waals surface area contributed by atoms with Crippen LogP contribution in [0.2, 0.25) is 0 Å². The number of aliphatic hydroxyl groups excluding tert-OH is 1. The Morgan fingerprint density at radius 1 is 1.39 bits per heavy atom. The van der Waals surface area contributed by atoms with Gasteiger partial charge in [0.25, 0.3) is 0 Å². The van der Waals surface area contributed by atoms with Crippen molar-refractivity contribution in [3.63, 3.8) is 0 Å². The third-order valence-electron chi connectivity index (χ3n) is 4.18. The number of hydrogen-bond acceptors (Lipinski definition) is 5. The third-order valence-corrected chi connectivity index (χ3v) is 4.18. The van der Waals surface area contributed by atoms with Gasteiger partial charge in [0.05, 0.1) is 17.4 Å². The molecule has 2 N–H and O–H groups in total. The average molecular weight is 387 g/mol. The monoisotopic (exact) mass is 387 g/mol. The number of pyridine rings is 1. The highest BCUT2D eigenvalue weighted by Crippen LogP contribution is 2.36. The van der Waals surface area contributed by atoms with E-state index in [9.17, 15) is 9.59 Å². The number of aromatic nitrogens is 1. The van der Waals surface area contributed by atoms with Crippen molar-refractivity contribution < 1.29 is 19.4 Å². The van der Waals surface area contributed by atoms with Crippen LogP contribution in [0.3, 0.4) is 0 Å². The standard InChI is InChI=1S/C21H29N3O4/c1-6-16-11-15(12-17(23-16)9-10-22-19(26)13-25)14(2)24(18-7-8-18)20(27)28-21(3,4)5/h6,9-12,14,18,25H,1,7-8,13H2,2-5H3,(H,22,26). The van der Waals surface area contributed by atoms with Gasteiger partial charge in [-0.05, 0) is 70.4 Å². The van der Waals surface area contributed by atoms with Crippen LogP contribution in [0.5, 0.6) is 0 Å². The number of rotatable bonds is 7. The van der Waals surface area contributed by atoms with Crippen molar-refractivity contribution >= 4 is 24.2 Å². The molecule has 0 spiro atoms. The maximum absolute atomic E-state index is 12.8. The minimum absolute atomic E-state index is 0.174. The zero-order valence-electron chi connectivity index (χ0n) is 16.9. The first kappa shape index (κ1) is 21.6. The van der Waals surface area contributed by atoms with E-state index >= 15 is 0 Å². The zero-order valence-corrected chi connectivity index (χ0v) is 16.9. The molecule has 1 aliphatic carbocycles. The van der Waals surface area contributed by atoms with Crippen molar-refractivity contribution in [2.24, 2.45) is 0 Å². The van der Waals surface area contributed by atoms with E-state index in [4.69, 9.17) is 9.84 Å². The first-order chi connectivity index (χ1) is 13.1. The van der Waals surface area contributed by atoms with Gasteiger partial charge in [-0.15, -0.1) is 0 Å². The summed E-state index contributed by atoms with van der Waals surface area (Å²) in [6.45, 7) is 10.7. The molecule has 0 saturated heterocycles. The number of aliphatic hydroxyl groups is 1. The highest BCUT2D eigenvalue weighted by atomic mass is 16.6. The Morgan fingerprint density at radius 3 is 2.57 bits per heavy atom. The summed E-state index contributed by atoms with van der Waals surface area (Å²) in [6, 6.07) is 3.72. The molecule has 7 nitrogen and oxygen atoms in total. The van der Waals surface area contributed by atoms with Crippen molar-refractivity contribution in [3.05, 3.63) is 41.9 Å². The molecule has 1 aromatic rings. The smallest absolute Gasteiger partial charge is 0.411 e. The topological polar surface area (TPSA) is 91.8 Å². The van der Waals surface area contributed by atoms with Crippen LogP contribution in [0.25, 0.3) is 12.2 Å². The summed E-state index contributed by atoms with van der Waals surface area (Å²) in [5.74, 6) is -0.505. The molecule has 0 aromatic carbocycles. The molecule has 0 radical (unpaired) electrons. The Morgan fingerprint density at radius 2 is 2.04 bits per heavy atom. The summed E-state index contributed by atoms with van der Waals surface area (Å²) in [6.07, 6.45) is 6.29. The van der Waals surface area contributed by atoms with Gasteiger partial charge in [-0.3, -0.25) is 9.69 Å². The van der Waals surface area contributed by atoms with Gasteiger partial charge in [0, 0.05) is 12.2 Å². The predicted molar refractivity (Wildman–Crippen MR) is 108 cm³/mol. The minimum atomic E-state index is -0.584. The number of ether oxygens (including phenoxy) is 1. The number of nitrogens with zero attached hydrogens (tertiary/aromatic N) is 2. The number of amides is 2. The highest BCUT2D eigenvalue weighted by molar-refractivity contribution is 5.78. The molecule has 1 saturated carbocycles. The van der Waals surface area contributed by atoms with E-state index in [-0.39, 0.29) is 18.2 Å². The molecular formula is C21H29N3O4. The van der Waals surface area contributed by atoms with Crippen LogP contribution in [0.4, 0.5) is 4.79 Å². The molecule has 2 amide bonds. The molecule has 28 heavy (non-hydrogen) atoms. The Balaban J connectivity index is 2.27. The maximum Gasteiger partial charge on any atom is 0.411 e. The molecule has 152 valence electrons. The Hall–Kier alpha value is -2.67. The van der Waals surface area contributed by atoms with Crippen LogP contribution in [0.1, 0.15) is 63.5 Å². The van der Waals surface area contributed by atoms with Gasteiger partial charge in [0.15, 0.2) is 0 Å². The molecular weight excluding hydrogens is 358 g/mol. The number of hydrogen-bond donors (Lipinski definition) is 2. The van der Waals surface area contributed by atoms with Gasteiger partial charge in [-0.1, -0.05) is 6.58 Å². The van der Waals surface area contributed by atoms with Gasteiger partial charge in [-0.2, -0.15) is 0 Å². The largest absolute Gasteiger partial charge is 0.444 e. The van der Waals surface area contributed by atoms with Crippen molar-refractivity contribution in [2.45, 2.75) is 58.2 Å². The van der Waals surface area contributed by atoms with Gasteiger partial charge < -0.3 is 15.2 Å². The minimum Gasteiger partial charge on any atom is -0.444 e. The fraction of sp³-hybridized carbons (Fsp3) is 0.476. The number of carbonyl (C=O) groups is 2. The van der Waals surface area contributed by atoms with E-state index in [1.807, 2.05) is 39.8 Å². The number of carbonyl (C=O) groups excluding carboxylic acids is 2. The Labute approximate surface area is 166 Å². The lowest BCUT2D eigenvalue weighted by molar-refractivity contribution is -0.122. The molecule has 1 heterocycles. The van der Waals surface area contributed by atoms with Gasteiger partial charge >= 0.3 is 6.09 Å². The average Bonchev–Trinajstić information content (AvgIpc) is 3.44. The Kier molecular flexibility index (Phi) is 6.96. The first-order valence-corrected chi connectivity index (χ1v) is 9.37. The fourth-order valence-electron chi connectivity index (χ4n) is 2.74. The molecule has 0 bridgehead atoms. The van der Waals surface area contributed by atoms with Crippen molar-refractivity contribution in [2.75, 3.05) is 6.61 Å². The lowest BCUT2D eigenvalue weighted by Gasteiger charge is -2.32. The molecule has 7 heteroatoms. The van der Waals surface area contributed by atoms with Crippen molar-refractivity contribution in [1.29, 1.82) is 0 Å². The van der Waals surface area contributed by atoms with Gasteiger partial charge in [0.2, 0.25) is 5.91 Å². The van der Waals surface area contributed by atoms with Gasteiger partial charge in [0.1, 0.15) is 12.2 Å². The highest BCUT2D eigenvalue weighted by Gasteiger charge is 2.38. The first-order valence-electron chi connectivity index (χ1n) is 9.37. The second kappa shape index (κ2) is 9.01. The molecule has 1 fully saturated rings. The lowest BCUT2D eigenvalue weighted by atomic mass is 10.1. The summed E-state index contributed by atoms with van der Waals surface area (Å²) in [7, 11) is 0. The van der Waals surface area contributed by atoms with E-state index in [0.717, 1.165) is 18.4 Å². The van der Waals surface area contributed by atoms with E-state index in [0.29, 0.717) is 11.4 Å². The molecule has 0 aliphatic heterocycles. The van der Waals surface area contributed by atoms with Crippen LogP contribution in [0.15, 0.2) is 24.9 Å². The third kappa shape index (κ3) is 6.20. The van der Waals surface area contributed by atoms with E-state index in [1.54, 1.807) is 17.1 Å². The summed E-state index contributed by atoms with van der Waals surface area (Å²) < 4.78 is 5.60. The molecule has 1 aliphatic rings. The molecule has 1 aromatic heterocycles. The van der Waals surface area contributed by atoms with E-state index < -0.39 is 18.1 Å². The van der Waals surface area contributed by atoms with E-state index in [1.165, 1.54) is 6.20 Å². The summed E-state index contributed by atoms with van der Waals surface area (Å²) in [5.41, 5.74) is 1.61. The van der Waals surface area contributed by atoms with Crippen LogP contribution in [-0.2, 0) is 9.53 Å². The van der Waals surface area contributed by atoms with Crippen LogP contribution < -0.4 is 5.32 Å². The van der Waals surface area contributed by atoms with Crippen LogP contribution in [0, 0.1) is 0 Å². The van der Waals surface area contributed by atoms with Crippen LogP contribution in [-0.4, -0.2) is 45.2 Å². The zero-order chi connectivity index (χ0) is 20.9. The summed E-state index contributed by atoms with van der Waals surface area (Å²) in [4.78, 5) is 30.1. The van der Waals surface area contributed by atoms with Crippen molar-refractivity contribution in [3.8, 4) is 0 Å². The SMILES string of the molecule is C=Cc1cc(C(C)N(C(=O)OC(C)(C)C)C2CC2)cc(C=CNC(=O)CO)n1. The molecule has 2 rings (SSSR count). The molecule has 1 atom stereocenters. The predicted octanol–water partition coefficient (Wildman–Crippen LogP) is 3.26. The summed E-state index contributed by atoms with van der Waals surface area (Å²) in [5, 5.41) is 11.2. The van der Waals surface area contributed by atoms with Crippen LogP contribution >= 0.6 is 0 Å². The molecule has 1 unspecified atom stereocenters. The maximum atomic E-state index is 12.8. The normalized spacial score (nSPS) is 15.2. The van der Waals surface area contributed by atoms with E-state index in [2.05, 4.69) is 16.9 Å². The number of nitrogens with one attached hydrogen (secondary N) is 1. The Bertz CT molecular complexity index is 763. The van der Waals surface area contributed by atoms with Crippen molar-refractivity contribution in [1.82, 2.24) is 15.2 Å². The quantitative estimate of drug-likeness (QED) is 0.749. The lowest BCUT2D eigenvalue weighted by Crippen LogP contribution is -2.39. The van der Waals surface area contributed by atoms with Gasteiger partial charge in [-0.25, -0.2) is 9.78 Å². The second-order valence-electron chi connectivity index (χ2n) is 7.81. The fourth-order valence-corrected chi connectivity index (χ4v) is 2.74. The second-order valence-corrected chi connectivity index (χ2v) is 7.81.